The van der Waals surface area contributed by atoms with Crippen LogP contribution in [0.15, 0.2) is 224 Å². The first-order valence-electron chi connectivity index (χ1n) is 21.3. The molecule has 0 saturated carbocycles. The molecule has 2 nitrogen and oxygen atoms in total. The van der Waals surface area contributed by atoms with Gasteiger partial charge < -0.3 is 9.80 Å². The van der Waals surface area contributed by atoms with E-state index >= 15 is 0 Å². The van der Waals surface area contributed by atoms with E-state index in [2.05, 4.69) is 255 Å². The second-order valence-corrected chi connectivity index (χ2v) is 17.4. The number of hydrogen-bond donors (Lipinski definition) is 0. The second kappa shape index (κ2) is 14.4. The Morgan fingerprint density at radius 1 is 0.295 bits per heavy atom. The van der Waals surface area contributed by atoms with Gasteiger partial charge in [-0.15, -0.1) is 0 Å². The van der Waals surface area contributed by atoms with Gasteiger partial charge in [-0.3, -0.25) is 0 Å². The number of rotatable bonds is 5. The quantitative estimate of drug-likeness (QED) is 0.172. The van der Waals surface area contributed by atoms with Crippen LogP contribution in [0.5, 0.6) is 0 Å². The van der Waals surface area contributed by atoms with Crippen molar-refractivity contribution in [1.29, 1.82) is 0 Å². The first-order chi connectivity index (χ1) is 29.9. The molecule has 2 heterocycles. The maximum Gasteiger partial charge on any atom is 0.0783 e. The maximum atomic E-state index is 2.49. The number of benzene rings is 9. The lowest BCUT2D eigenvalue weighted by molar-refractivity contribution is 0.590. The molecule has 1 spiro atoms. The van der Waals surface area contributed by atoms with Gasteiger partial charge in [0.2, 0.25) is 0 Å². The van der Waals surface area contributed by atoms with Crippen LogP contribution in [0.25, 0.3) is 33.4 Å². The molecule has 61 heavy (non-hydrogen) atoms. The average molecular weight is 783 g/mol. The number of hydrogen-bond acceptors (Lipinski definition) is 2. The molecule has 0 unspecified atom stereocenters. The Morgan fingerprint density at radius 2 is 0.623 bits per heavy atom. The predicted molar refractivity (Wildman–Crippen MR) is 256 cm³/mol. The molecule has 0 radical (unpaired) electrons. The molecule has 292 valence electrons. The van der Waals surface area contributed by atoms with Gasteiger partial charge in [0.05, 0.1) is 28.2 Å². The molecule has 2 heteroatoms. The summed E-state index contributed by atoms with van der Waals surface area (Å²) in [5.74, 6) is 0. The minimum atomic E-state index is -0.637. The Labute approximate surface area is 359 Å². The third-order valence-electron chi connectivity index (χ3n) is 12.8. The fourth-order valence-electron chi connectivity index (χ4n) is 9.88. The molecule has 0 saturated heterocycles. The van der Waals surface area contributed by atoms with Crippen molar-refractivity contribution in [2.45, 2.75) is 31.6 Å². The maximum absolute atomic E-state index is 2.49. The topological polar surface area (TPSA) is 6.48 Å². The summed E-state index contributed by atoms with van der Waals surface area (Å²) >= 11 is 0. The van der Waals surface area contributed by atoms with Gasteiger partial charge in [-0.1, -0.05) is 191 Å². The van der Waals surface area contributed by atoms with Gasteiger partial charge in [0.25, 0.3) is 0 Å². The van der Waals surface area contributed by atoms with Gasteiger partial charge in [0.1, 0.15) is 0 Å². The van der Waals surface area contributed by atoms with Crippen LogP contribution in [-0.2, 0) is 10.8 Å². The molecule has 0 aromatic heterocycles. The number of para-hydroxylation sites is 3. The highest BCUT2D eigenvalue weighted by Gasteiger charge is 2.51. The van der Waals surface area contributed by atoms with Crippen molar-refractivity contribution in [1.82, 2.24) is 0 Å². The minimum Gasteiger partial charge on any atom is -0.310 e. The van der Waals surface area contributed by atoms with E-state index in [-0.39, 0.29) is 5.41 Å². The van der Waals surface area contributed by atoms with E-state index in [0.29, 0.717) is 0 Å². The summed E-state index contributed by atoms with van der Waals surface area (Å²) in [6.07, 6.45) is 0. The van der Waals surface area contributed by atoms with Crippen LogP contribution >= 0.6 is 0 Å². The van der Waals surface area contributed by atoms with Crippen molar-refractivity contribution in [2.24, 2.45) is 0 Å². The van der Waals surface area contributed by atoms with E-state index in [9.17, 15) is 0 Å². The van der Waals surface area contributed by atoms with Crippen molar-refractivity contribution in [3.63, 3.8) is 0 Å². The van der Waals surface area contributed by atoms with Crippen LogP contribution in [0.1, 0.15) is 48.6 Å². The molecule has 0 N–H and O–H groups in total. The van der Waals surface area contributed by atoms with Crippen molar-refractivity contribution in [3.05, 3.63) is 252 Å². The highest BCUT2D eigenvalue weighted by atomic mass is 15.2. The Morgan fingerprint density at radius 3 is 1.05 bits per heavy atom. The van der Waals surface area contributed by atoms with E-state index in [1.807, 2.05) is 0 Å². The molecule has 0 bridgehead atoms. The largest absolute Gasteiger partial charge is 0.310 e. The molecule has 2 aliphatic rings. The lowest BCUT2D eigenvalue weighted by atomic mass is 9.60. The molecule has 9 aromatic rings. The first-order valence-corrected chi connectivity index (χ1v) is 21.3. The highest BCUT2D eigenvalue weighted by Crippen LogP contribution is 2.64. The molecule has 2 aliphatic heterocycles. The van der Waals surface area contributed by atoms with E-state index in [0.717, 1.165) is 11.4 Å². The molecular formula is C59H46N2. The lowest BCUT2D eigenvalue weighted by Gasteiger charge is -2.51. The summed E-state index contributed by atoms with van der Waals surface area (Å²) < 4.78 is 0. The molecule has 9 aromatic carbocycles. The van der Waals surface area contributed by atoms with Crippen LogP contribution in [0.3, 0.4) is 0 Å². The fraction of sp³-hybridized carbons (Fsp3) is 0.0847. The second-order valence-electron chi connectivity index (χ2n) is 17.4. The van der Waals surface area contributed by atoms with Crippen molar-refractivity contribution < 1.29 is 0 Å². The third kappa shape index (κ3) is 5.93. The number of fused-ring (bicyclic) bond motifs is 8. The van der Waals surface area contributed by atoms with Gasteiger partial charge in [-0.05, 0) is 121 Å². The normalized spacial score (nSPS) is 13.6. The Kier molecular flexibility index (Phi) is 8.65. The Bertz CT molecular complexity index is 2930. The third-order valence-corrected chi connectivity index (χ3v) is 12.8. The zero-order valence-corrected chi connectivity index (χ0v) is 34.8. The van der Waals surface area contributed by atoms with E-state index in [1.54, 1.807) is 0 Å². The van der Waals surface area contributed by atoms with Crippen LogP contribution in [-0.4, -0.2) is 0 Å². The monoisotopic (exact) mass is 782 g/mol. The van der Waals surface area contributed by atoms with Crippen molar-refractivity contribution in [3.8, 4) is 33.4 Å². The zero-order chi connectivity index (χ0) is 41.1. The predicted octanol–water partition coefficient (Wildman–Crippen LogP) is 15.9. The summed E-state index contributed by atoms with van der Waals surface area (Å²) in [4.78, 5) is 4.95. The van der Waals surface area contributed by atoms with Crippen LogP contribution in [0, 0.1) is 0 Å². The molecule has 0 aliphatic carbocycles. The van der Waals surface area contributed by atoms with E-state index in [1.165, 1.54) is 83.9 Å². The zero-order valence-electron chi connectivity index (χ0n) is 34.8. The van der Waals surface area contributed by atoms with Crippen molar-refractivity contribution >= 4 is 34.1 Å². The van der Waals surface area contributed by atoms with Crippen LogP contribution in [0.2, 0.25) is 0 Å². The summed E-state index contributed by atoms with van der Waals surface area (Å²) in [7, 11) is 0. The van der Waals surface area contributed by atoms with Crippen LogP contribution in [0.4, 0.5) is 34.1 Å². The fourth-order valence-corrected chi connectivity index (χ4v) is 9.88. The van der Waals surface area contributed by atoms with E-state index in [4.69, 9.17) is 0 Å². The smallest absolute Gasteiger partial charge is 0.0783 e. The molecule has 0 fully saturated rings. The van der Waals surface area contributed by atoms with Crippen molar-refractivity contribution in [2.75, 3.05) is 9.80 Å². The first kappa shape index (κ1) is 36.6. The van der Waals surface area contributed by atoms with E-state index < -0.39 is 5.41 Å². The standard InChI is InChI=1S/C59H46N2/c1-58(2,3)47-33-26-45(27-34-47)46-32-39-57-53(40-46)59(52-22-12-15-25-56(52)61(57)49-37-30-44(31-38-49)42-18-8-5-9-19-42)50-20-10-13-23-54(50)60(55-24-14-11-21-51(55)59)48-35-28-43(29-36-48)41-16-6-4-7-17-41/h4-40H,1-3H3. The molecule has 0 amide bonds. The lowest BCUT2D eigenvalue weighted by Crippen LogP contribution is -2.42. The summed E-state index contributed by atoms with van der Waals surface area (Å²) in [6.45, 7) is 6.84. The van der Waals surface area contributed by atoms with Gasteiger partial charge in [-0.25, -0.2) is 0 Å². The number of nitrogens with zero attached hydrogens (tertiary/aromatic N) is 2. The summed E-state index contributed by atoms with van der Waals surface area (Å²) in [5, 5.41) is 0. The Balaban J connectivity index is 1.16. The highest BCUT2D eigenvalue weighted by molar-refractivity contribution is 5.97. The average Bonchev–Trinajstić information content (AvgIpc) is 3.32. The minimum absolute atomic E-state index is 0.0714. The molecule has 0 atom stereocenters. The van der Waals surface area contributed by atoms with Gasteiger partial charge >= 0.3 is 0 Å². The summed E-state index contributed by atoms with van der Waals surface area (Å²) in [5.41, 5.74) is 20.0. The molecular weight excluding hydrogens is 737 g/mol. The van der Waals surface area contributed by atoms with Gasteiger partial charge in [0, 0.05) is 11.4 Å². The van der Waals surface area contributed by atoms with Gasteiger partial charge in [-0.2, -0.15) is 0 Å². The van der Waals surface area contributed by atoms with Crippen LogP contribution < -0.4 is 9.80 Å². The molecule has 11 rings (SSSR count). The number of anilines is 6. The Hall–Kier alpha value is -7.42. The summed E-state index contributed by atoms with van der Waals surface area (Å²) in [6, 6.07) is 83.0. The SMILES string of the molecule is CC(C)(C)c1ccc(-c2ccc3c(c2)C2(c4ccccc4N(c4ccc(-c5ccccc5)cc4)c4ccccc42)c2ccccc2N3c2ccc(-c3ccccc3)cc2)cc1. The van der Waals surface area contributed by atoms with Gasteiger partial charge in [0.15, 0.2) is 0 Å².